The lowest BCUT2D eigenvalue weighted by Crippen LogP contribution is -2.36. The Hall–Kier alpha value is -0.0800. The van der Waals surface area contributed by atoms with Crippen LogP contribution >= 0.6 is 0 Å². The second kappa shape index (κ2) is 2.20. The SMILES string of the molecule is C[C@]1(CO)C[C@H]2C[C@@H](O)[C@@H]1C2. The summed E-state index contributed by atoms with van der Waals surface area (Å²) in [7, 11) is 0. The van der Waals surface area contributed by atoms with Crippen molar-refractivity contribution in [3.8, 4) is 0 Å². The number of hydrogen-bond acceptors (Lipinski definition) is 2. The van der Waals surface area contributed by atoms with Gasteiger partial charge in [-0.05, 0) is 36.5 Å². The van der Waals surface area contributed by atoms with Crippen LogP contribution in [0.1, 0.15) is 26.2 Å². The highest BCUT2D eigenvalue weighted by molar-refractivity contribution is 5.01. The van der Waals surface area contributed by atoms with E-state index in [0.717, 1.165) is 19.3 Å². The van der Waals surface area contributed by atoms with Gasteiger partial charge in [-0.3, -0.25) is 0 Å². The van der Waals surface area contributed by atoms with Crippen molar-refractivity contribution in [3.63, 3.8) is 0 Å². The zero-order valence-corrected chi connectivity index (χ0v) is 6.95. The smallest absolute Gasteiger partial charge is 0.0577 e. The van der Waals surface area contributed by atoms with Gasteiger partial charge in [0.1, 0.15) is 0 Å². The predicted octanol–water partition coefficient (Wildman–Crippen LogP) is 0.776. The summed E-state index contributed by atoms with van der Waals surface area (Å²) in [6, 6.07) is 0. The molecule has 0 heterocycles. The molecule has 2 rings (SSSR count). The highest BCUT2D eigenvalue weighted by Crippen LogP contribution is 2.55. The van der Waals surface area contributed by atoms with Crippen molar-refractivity contribution in [3.05, 3.63) is 0 Å². The number of aliphatic hydroxyl groups is 2. The summed E-state index contributed by atoms with van der Waals surface area (Å²) >= 11 is 0. The Bertz CT molecular complexity index is 169. The fourth-order valence-electron chi connectivity index (χ4n) is 3.03. The highest BCUT2D eigenvalue weighted by atomic mass is 16.3. The quantitative estimate of drug-likeness (QED) is 0.589. The van der Waals surface area contributed by atoms with Gasteiger partial charge in [-0.1, -0.05) is 6.92 Å². The minimum atomic E-state index is -0.133. The van der Waals surface area contributed by atoms with Crippen molar-refractivity contribution in [1.29, 1.82) is 0 Å². The fourth-order valence-corrected chi connectivity index (χ4v) is 3.03. The molecular weight excluding hydrogens is 140 g/mol. The third-order valence-corrected chi connectivity index (χ3v) is 3.64. The Morgan fingerprint density at radius 1 is 1.45 bits per heavy atom. The van der Waals surface area contributed by atoms with E-state index in [4.69, 9.17) is 5.11 Å². The summed E-state index contributed by atoms with van der Waals surface area (Å²) in [5.41, 5.74) is 0.0301. The molecule has 0 unspecified atom stereocenters. The lowest BCUT2D eigenvalue weighted by Gasteiger charge is -2.34. The summed E-state index contributed by atoms with van der Waals surface area (Å²) < 4.78 is 0. The van der Waals surface area contributed by atoms with E-state index in [1.165, 1.54) is 0 Å². The van der Waals surface area contributed by atoms with Gasteiger partial charge < -0.3 is 10.2 Å². The molecule has 2 fully saturated rings. The number of hydrogen-bond donors (Lipinski definition) is 2. The molecule has 2 bridgehead atoms. The average molecular weight is 156 g/mol. The summed E-state index contributed by atoms with van der Waals surface area (Å²) in [4.78, 5) is 0. The van der Waals surface area contributed by atoms with Crippen LogP contribution < -0.4 is 0 Å². The van der Waals surface area contributed by atoms with E-state index in [1.54, 1.807) is 0 Å². The van der Waals surface area contributed by atoms with Gasteiger partial charge in [0, 0.05) is 6.61 Å². The predicted molar refractivity (Wildman–Crippen MR) is 42.0 cm³/mol. The zero-order valence-electron chi connectivity index (χ0n) is 6.95. The Balaban J connectivity index is 2.18. The molecule has 0 aromatic heterocycles. The Morgan fingerprint density at radius 3 is 2.55 bits per heavy atom. The van der Waals surface area contributed by atoms with Crippen LogP contribution in [0.5, 0.6) is 0 Å². The highest BCUT2D eigenvalue weighted by Gasteiger charge is 2.52. The maximum atomic E-state index is 9.57. The Morgan fingerprint density at radius 2 is 2.18 bits per heavy atom. The van der Waals surface area contributed by atoms with Crippen molar-refractivity contribution in [2.24, 2.45) is 17.3 Å². The van der Waals surface area contributed by atoms with Crippen molar-refractivity contribution in [2.45, 2.75) is 32.3 Å². The molecule has 0 aliphatic heterocycles. The maximum Gasteiger partial charge on any atom is 0.0577 e. The van der Waals surface area contributed by atoms with Crippen molar-refractivity contribution < 1.29 is 10.2 Å². The molecule has 2 saturated carbocycles. The lowest BCUT2D eigenvalue weighted by molar-refractivity contribution is -0.00151. The fraction of sp³-hybridized carbons (Fsp3) is 1.00. The summed E-state index contributed by atoms with van der Waals surface area (Å²) in [6.07, 6.45) is 3.09. The largest absolute Gasteiger partial charge is 0.396 e. The van der Waals surface area contributed by atoms with Crippen molar-refractivity contribution >= 4 is 0 Å². The maximum absolute atomic E-state index is 9.57. The van der Waals surface area contributed by atoms with Crippen molar-refractivity contribution in [2.75, 3.05) is 6.61 Å². The number of fused-ring (bicyclic) bond motifs is 2. The molecule has 2 N–H and O–H groups in total. The van der Waals surface area contributed by atoms with Gasteiger partial charge in [-0.25, -0.2) is 0 Å². The van der Waals surface area contributed by atoms with Gasteiger partial charge in [0.05, 0.1) is 6.10 Å². The van der Waals surface area contributed by atoms with Crippen LogP contribution in [0.2, 0.25) is 0 Å². The average Bonchev–Trinajstić information content (AvgIpc) is 2.44. The first-order valence-electron chi connectivity index (χ1n) is 4.44. The number of rotatable bonds is 1. The third-order valence-electron chi connectivity index (χ3n) is 3.64. The third kappa shape index (κ3) is 0.926. The summed E-state index contributed by atoms with van der Waals surface area (Å²) in [5, 5.41) is 18.7. The summed E-state index contributed by atoms with van der Waals surface area (Å²) in [6.45, 7) is 2.34. The molecule has 0 aromatic carbocycles. The molecular formula is C9H16O2. The minimum absolute atomic E-state index is 0.0301. The molecule has 0 spiro atoms. The van der Waals surface area contributed by atoms with E-state index >= 15 is 0 Å². The topological polar surface area (TPSA) is 40.5 Å². The zero-order chi connectivity index (χ0) is 8.06. The number of aliphatic hydroxyl groups excluding tert-OH is 2. The van der Waals surface area contributed by atoms with Gasteiger partial charge in [0.15, 0.2) is 0 Å². The molecule has 4 atom stereocenters. The van der Waals surface area contributed by atoms with Gasteiger partial charge in [0.2, 0.25) is 0 Å². The van der Waals surface area contributed by atoms with E-state index < -0.39 is 0 Å². The van der Waals surface area contributed by atoms with E-state index in [2.05, 4.69) is 6.92 Å². The first-order valence-corrected chi connectivity index (χ1v) is 4.44. The van der Waals surface area contributed by atoms with Gasteiger partial charge in [-0.15, -0.1) is 0 Å². The van der Waals surface area contributed by atoms with Crippen LogP contribution in [-0.4, -0.2) is 22.9 Å². The second-order valence-electron chi connectivity index (χ2n) is 4.53. The van der Waals surface area contributed by atoms with Crippen molar-refractivity contribution in [1.82, 2.24) is 0 Å². The minimum Gasteiger partial charge on any atom is -0.396 e. The summed E-state index contributed by atoms with van der Waals surface area (Å²) in [5.74, 6) is 1.06. The molecule has 2 heteroatoms. The Labute approximate surface area is 67.2 Å². The van der Waals surface area contributed by atoms with E-state index in [1.807, 2.05) is 0 Å². The Kier molecular flexibility index (Phi) is 1.52. The van der Waals surface area contributed by atoms with Gasteiger partial charge in [-0.2, -0.15) is 0 Å². The molecule has 11 heavy (non-hydrogen) atoms. The van der Waals surface area contributed by atoms with Crippen LogP contribution in [0.4, 0.5) is 0 Å². The standard InChI is InChI=1S/C9H16O2/c1-9(5-10)4-6-2-7(9)8(11)3-6/h6-8,10-11H,2-5H2,1H3/t6-,7+,8-,9-/m1/s1. The molecule has 0 aromatic rings. The molecule has 0 amide bonds. The van der Waals surface area contributed by atoms with E-state index in [9.17, 15) is 5.11 Å². The van der Waals surface area contributed by atoms with Crippen LogP contribution in [0, 0.1) is 17.3 Å². The molecule has 64 valence electrons. The van der Waals surface area contributed by atoms with Gasteiger partial charge in [0.25, 0.3) is 0 Å². The van der Waals surface area contributed by atoms with E-state index in [-0.39, 0.29) is 18.1 Å². The first-order chi connectivity index (χ1) is 5.15. The van der Waals surface area contributed by atoms with E-state index in [0.29, 0.717) is 11.8 Å². The molecule has 0 radical (unpaired) electrons. The lowest BCUT2D eigenvalue weighted by atomic mass is 9.74. The molecule has 0 saturated heterocycles. The van der Waals surface area contributed by atoms with Crippen LogP contribution in [0.15, 0.2) is 0 Å². The molecule has 2 nitrogen and oxygen atoms in total. The normalized spacial score (nSPS) is 55.4. The first kappa shape index (κ1) is 7.56. The monoisotopic (exact) mass is 156 g/mol. The molecule has 2 aliphatic carbocycles. The van der Waals surface area contributed by atoms with Crippen LogP contribution in [0.3, 0.4) is 0 Å². The molecule has 2 aliphatic rings. The van der Waals surface area contributed by atoms with Gasteiger partial charge >= 0.3 is 0 Å². The second-order valence-corrected chi connectivity index (χ2v) is 4.53. The van der Waals surface area contributed by atoms with Crippen LogP contribution in [-0.2, 0) is 0 Å². The van der Waals surface area contributed by atoms with Crippen LogP contribution in [0.25, 0.3) is 0 Å².